The molecule has 1 saturated heterocycles. The van der Waals surface area contributed by atoms with E-state index in [4.69, 9.17) is 4.74 Å². The number of piperidine rings is 1. The largest absolute Gasteiger partial charge is 0.497 e. The zero-order valence-corrected chi connectivity index (χ0v) is 19.9. The van der Waals surface area contributed by atoms with Crippen LogP contribution in [0.3, 0.4) is 0 Å². The summed E-state index contributed by atoms with van der Waals surface area (Å²) in [5.74, 6) is 2.02. The van der Waals surface area contributed by atoms with Crippen molar-refractivity contribution in [3.05, 3.63) is 65.2 Å². The van der Waals surface area contributed by atoms with Crippen molar-refractivity contribution in [2.24, 2.45) is 11.8 Å². The van der Waals surface area contributed by atoms with Gasteiger partial charge in [0.1, 0.15) is 11.8 Å². The molecular weight excluding hydrogens is 414 g/mol. The summed E-state index contributed by atoms with van der Waals surface area (Å²) in [6, 6.07) is 14.5. The number of hydrogen-bond acceptors (Lipinski definition) is 4. The van der Waals surface area contributed by atoms with Gasteiger partial charge in [-0.2, -0.15) is 0 Å². The van der Waals surface area contributed by atoms with Crippen LogP contribution in [0.4, 0.5) is 0 Å². The highest BCUT2D eigenvalue weighted by Crippen LogP contribution is 2.35. The number of likely N-dealkylation sites (tertiary alicyclic amines) is 1. The molecule has 33 heavy (non-hydrogen) atoms. The van der Waals surface area contributed by atoms with Crippen LogP contribution in [-0.4, -0.2) is 54.9 Å². The van der Waals surface area contributed by atoms with Crippen molar-refractivity contribution in [2.75, 3.05) is 33.3 Å². The Morgan fingerprint density at radius 1 is 1.06 bits per heavy atom. The lowest BCUT2D eigenvalue weighted by molar-refractivity contribution is -0.125. The summed E-state index contributed by atoms with van der Waals surface area (Å²) in [6.45, 7) is 8.88. The SMILES string of the molecule is COc1ccc(CN2C(=O)c3ccccc3C2C(=O)NCCCN2CC(C)CC(C)C2)cc1. The number of hydrogen-bond donors (Lipinski definition) is 1. The molecule has 2 amide bonds. The van der Waals surface area contributed by atoms with E-state index in [2.05, 4.69) is 24.1 Å². The first-order valence-electron chi connectivity index (χ1n) is 12.0. The van der Waals surface area contributed by atoms with Gasteiger partial charge in [-0.3, -0.25) is 9.59 Å². The second-order valence-electron chi connectivity index (χ2n) is 9.62. The van der Waals surface area contributed by atoms with Crippen molar-refractivity contribution < 1.29 is 14.3 Å². The third-order valence-corrected chi connectivity index (χ3v) is 6.71. The minimum absolute atomic E-state index is 0.0992. The topological polar surface area (TPSA) is 61.9 Å². The average molecular weight is 450 g/mol. The maximum Gasteiger partial charge on any atom is 0.255 e. The van der Waals surface area contributed by atoms with Crippen molar-refractivity contribution in [2.45, 2.75) is 39.3 Å². The lowest BCUT2D eigenvalue weighted by Gasteiger charge is -2.35. The molecule has 0 spiro atoms. The zero-order chi connectivity index (χ0) is 23.4. The number of rotatable bonds is 8. The molecule has 1 N–H and O–H groups in total. The summed E-state index contributed by atoms with van der Waals surface area (Å²) in [7, 11) is 1.63. The van der Waals surface area contributed by atoms with Crippen LogP contribution in [0.1, 0.15) is 54.2 Å². The standard InChI is InChI=1S/C27H35N3O3/c1-19-15-20(2)17-29(16-19)14-6-13-28-26(31)25-23-7-4-5-8-24(23)27(32)30(25)18-21-9-11-22(33-3)12-10-21/h4-5,7-12,19-20,25H,6,13-18H2,1-3H3,(H,28,31). The van der Waals surface area contributed by atoms with E-state index in [-0.39, 0.29) is 11.8 Å². The number of nitrogens with zero attached hydrogens (tertiary/aromatic N) is 2. The Morgan fingerprint density at radius 2 is 1.76 bits per heavy atom. The molecule has 6 heteroatoms. The van der Waals surface area contributed by atoms with E-state index >= 15 is 0 Å². The fraction of sp³-hybridized carbons (Fsp3) is 0.481. The Hall–Kier alpha value is -2.86. The highest BCUT2D eigenvalue weighted by molar-refractivity contribution is 6.04. The van der Waals surface area contributed by atoms with Gasteiger partial charge in [-0.25, -0.2) is 0 Å². The van der Waals surface area contributed by atoms with Gasteiger partial charge in [0, 0.05) is 31.7 Å². The molecule has 4 rings (SSSR count). The first-order valence-corrected chi connectivity index (χ1v) is 12.0. The van der Waals surface area contributed by atoms with Crippen molar-refractivity contribution in [3.63, 3.8) is 0 Å². The normalized spacial score (nSPS) is 22.8. The number of fused-ring (bicyclic) bond motifs is 1. The summed E-state index contributed by atoms with van der Waals surface area (Å²) in [5, 5.41) is 3.10. The summed E-state index contributed by atoms with van der Waals surface area (Å²) < 4.78 is 5.23. The first kappa shape index (κ1) is 23.3. The van der Waals surface area contributed by atoms with Gasteiger partial charge in [0.2, 0.25) is 5.91 Å². The molecule has 0 bridgehead atoms. The molecule has 0 aromatic heterocycles. The minimum Gasteiger partial charge on any atom is -0.497 e. The third kappa shape index (κ3) is 5.38. The molecule has 0 aliphatic carbocycles. The predicted molar refractivity (Wildman–Crippen MR) is 129 cm³/mol. The van der Waals surface area contributed by atoms with Gasteiger partial charge < -0.3 is 19.9 Å². The average Bonchev–Trinajstić information content (AvgIpc) is 3.08. The smallest absolute Gasteiger partial charge is 0.255 e. The van der Waals surface area contributed by atoms with Gasteiger partial charge in [0.05, 0.1) is 7.11 Å². The number of carbonyl (C=O) groups is 2. The quantitative estimate of drug-likeness (QED) is 0.622. The van der Waals surface area contributed by atoms with Crippen LogP contribution in [-0.2, 0) is 11.3 Å². The molecule has 3 unspecified atom stereocenters. The second kappa shape index (κ2) is 10.4. The fourth-order valence-electron chi connectivity index (χ4n) is 5.33. The molecular formula is C27H35N3O3. The molecule has 2 aromatic carbocycles. The van der Waals surface area contributed by atoms with Crippen molar-refractivity contribution >= 4 is 11.8 Å². The van der Waals surface area contributed by atoms with E-state index in [1.54, 1.807) is 12.0 Å². The molecule has 6 nitrogen and oxygen atoms in total. The number of benzene rings is 2. The highest BCUT2D eigenvalue weighted by atomic mass is 16.5. The number of amides is 2. The van der Waals surface area contributed by atoms with Gasteiger partial charge in [0.15, 0.2) is 0 Å². The maximum atomic E-state index is 13.3. The van der Waals surface area contributed by atoms with Crippen molar-refractivity contribution in [1.29, 1.82) is 0 Å². The molecule has 2 aliphatic heterocycles. The summed E-state index contributed by atoms with van der Waals surface area (Å²) in [6.07, 6.45) is 2.21. The van der Waals surface area contributed by atoms with Crippen LogP contribution in [0.25, 0.3) is 0 Å². The minimum atomic E-state index is -0.606. The Balaban J connectivity index is 1.40. The number of methoxy groups -OCH3 is 1. The van der Waals surface area contributed by atoms with Gasteiger partial charge >= 0.3 is 0 Å². The molecule has 1 fully saturated rings. The van der Waals surface area contributed by atoms with Crippen LogP contribution in [0.15, 0.2) is 48.5 Å². The van der Waals surface area contributed by atoms with E-state index in [1.807, 2.05) is 48.5 Å². The van der Waals surface area contributed by atoms with E-state index in [0.717, 1.165) is 54.8 Å². The van der Waals surface area contributed by atoms with Gasteiger partial charge in [0.25, 0.3) is 5.91 Å². The monoisotopic (exact) mass is 449 g/mol. The van der Waals surface area contributed by atoms with Crippen LogP contribution in [0.5, 0.6) is 5.75 Å². The highest BCUT2D eigenvalue weighted by Gasteiger charge is 2.40. The Morgan fingerprint density at radius 3 is 2.45 bits per heavy atom. The van der Waals surface area contributed by atoms with E-state index in [0.29, 0.717) is 18.7 Å². The number of nitrogens with one attached hydrogen (secondary N) is 1. The van der Waals surface area contributed by atoms with Crippen LogP contribution in [0, 0.1) is 11.8 Å². The summed E-state index contributed by atoms with van der Waals surface area (Å²) in [5.41, 5.74) is 2.36. The fourth-order valence-corrected chi connectivity index (χ4v) is 5.33. The van der Waals surface area contributed by atoms with Crippen LogP contribution >= 0.6 is 0 Å². The lowest BCUT2D eigenvalue weighted by atomic mass is 9.92. The zero-order valence-electron chi connectivity index (χ0n) is 19.9. The van der Waals surface area contributed by atoms with Crippen molar-refractivity contribution in [3.8, 4) is 5.75 Å². The van der Waals surface area contributed by atoms with Crippen LogP contribution in [0.2, 0.25) is 0 Å². The van der Waals surface area contributed by atoms with Gasteiger partial charge in [-0.15, -0.1) is 0 Å². The van der Waals surface area contributed by atoms with E-state index in [1.165, 1.54) is 6.42 Å². The molecule has 176 valence electrons. The van der Waals surface area contributed by atoms with E-state index in [9.17, 15) is 9.59 Å². The van der Waals surface area contributed by atoms with Crippen LogP contribution < -0.4 is 10.1 Å². The molecule has 0 radical (unpaired) electrons. The summed E-state index contributed by atoms with van der Waals surface area (Å²) in [4.78, 5) is 30.6. The molecule has 3 atom stereocenters. The van der Waals surface area contributed by atoms with Gasteiger partial charge in [-0.05, 0) is 60.5 Å². The van der Waals surface area contributed by atoms with Crippen molar-refractivity contribution in [1.82, 2.24) is 15.1 Å². The second-order valence-corrected chi connectivity index (χ2v) is 9.62. The van der Waals surface area contributed by atoms with E-state index < -0.39 is 6.04 Å². The third-order valence-electron chi connectivity index (χ3n) is 6.71. The number of ether oxygens (including phenoxy) is 1. The first-order chi connectivity index (χ1) is 16.0. The lowest BCUT2D eigenvalue weighted by Crippen LogP contribution is -2.41. The summed E-state index contributed by atoms with van der Waals surface area (Å²) >= 11 is 0. The Kier molecular flexibility index (Phi) is 7.33. The molecule has 0 saturated carbocycles. The predicted octanol–water partition coefficient (Wildman–Crippen LogP) is 3.88. The molecule has 2 aliphatic rings. The Bertz CT molecular complexity index is 965. The maximum absolute atomic E-state index is 13.3. The Labute approximate surface area is 196 Å². The van der Waals surface area contributed by atoms with Gasteiger partial charge in [-0.1, -0.05) is 44.2 Å². The molecule has 2 heterocycles. The number of carbonyl (C=O) groups excluding carboxylic acids is 2. The molecule has 2 aromatic rings.